The highest BCUT2D eigenvalue weighted by Gasteiger charge is 2.43. The van der Waals surface area contributed by atoms with Crippen LogP contribution >= 0.6 is 0 Å². The van der Waals surface area contributed by atoms with Crippen molar-refractivity contribution in [2.24, 2.45) is 0 Å². The van der Waals surface area contributed by atoms with Crippen molar-refractivity contribution in [2.75, 3.05) is 0 Å². The summed E-state index contributed by atoms with van der Waals surface area (Å²) in [4.78, 5) is 9.14. The SMILES string of the molecule is CC(C)(C)c1ccc2c(c1)c1cc(C(C)(C)C)cc3c1n2-c1cc(-c2c(-c4cccc5c4oc4ccncc45)cccc2-c2cccc4c2oc2ccncc24)cc2c1B3c1cccc3c4c5c6ccccc6c6ccccc6c5ccc4n-2c13. The van der Waals surface area contributed by atoms with Crippen LogP contribution in [-0.2, 0) is 10.8 Å². The van der Waals surface area contributed by atoms with Crippen LogP contribution in [0.1, 0.15) is 52.7 Å². The molecule has 0 saturated carbocycles. The molecular formula is C78H53BN4O2. The second-order valence-corrected chi connectivity index (χ2v) is 26.0. The fraction of sp³-hybridized carbons (Fsp3) is 0.103. The van der Waals surface area contributed by atoms with E-state index < -0.39 is 0 Å². The van der Waals surface area contributed by atoms with Gasteiger partial charge < -0.3 is 18.0 Å². The average Bonchev–Trinajstić information content (AvgIpc) is 1.60. The first-order valence-corrected chi connectivity index (χ1v) is 29.7. The number of benzene rings is 11. The zero-order valence-corrected chi connectivity index (χ0v) is 47.9. The van der Waals surface area contributed by atoms with Gasteiger partial charge in [-0.05, 0) is 136 Å². The van der Waals surface area contributed by atoms with Gasteiger partial charge in [0.15, 0.2) is 0 Å². The molecule has 0 atom stereocenters. The predicted octanol–water partition coefficient (Wildman–Crippen LogP) is 18.7. The molecule has 0 N–H and O–H groups in total. The van der Waals surface area contributed by atoms with Crippen molar-refractivity contribution in [2.45, 2.75) is 52.4 Å². The number of hydrogen-bond donors (Lipinski definition) is 0. The van der Waals surface area contributed by atoms with E-state index in [0.717, 1.165) is 77.3 Å². The molecule has 0 unspecified atom stereocenters. The largest absolute Gasteiger partial charge is 0.455 e. The number of fused-ring (bicyclic) bond motifs is 23. The van der Waals surface area contributed by atoms with Crippen molar-refractivity contribution >= 4 is 143 Å². The van der Waals surface area contributed by atoms with Crippen molar-refractivity contribution < 1.29 is 8.83 Å². The van der Waals surface area contributed by atoms with Crippen molar-refractivity contribution in [1.29, 1.82) is 0 Å². The summed E-state index contributed by atoms with van der Waals surface area (Å²) in [5.74, 6) is 0. The van der Waals surface area contributed by atoms with E-state index in [4.69, 9.17) is 8.83 Å². The molecular weight excluding hydrogens is 1040 g/mol. The summed E-state index contributed by atoms with van der Waals surface area (Å²) in [6.45, 7) is 14.0. The van der Waals surface area contributed by atoms with Crippen LogP contribution in [0.5, 0.6) is 0 Å². The van der Waals surface area contributed by atoms with E-state index in [1.165, 1.54) is 115 Å². The minimum Gasteiger partial charge on any atom is -0.455 e. The Morgan fingerprint density at radius 3 is 1.52 bits per heavy atom. The highest BCUT2D eigenvalue weighted by molar-refractivity contribution is 7.00. The molecule has 0 fully saturated rings. The van der Waals surface area contributed by atoms with E-state index in [1.807, 2.05) is 36.9 Å². The third-order valence-electron chi connectivity index (χ3n) is 19.4. The van der Waals surface area contributed by atoms with Crippen LogP contribution < -0.4 is 16.4 Å². The molecule has 7 heteroatoms. The fourth-order valence-corrected chi connectivity index (χ4v) is 15.5. The average molecular weight is 1090 g/mol. The molecule has 19 rings (SSSR count). The van der Waals surface area contributed by atoms with Gasteiger partial charge in [-0.25, -0.2) is 0 Å². The maximum absolute atomic E-state index is 6.96. The summed E-state index contributed by atoms with van der Waals surface area (Å²) >= 11 is 0. The van der Waals surface area contributed by atoms with Gasteiger partial charge in [0.2, 0.25) is 0 Å². The standard InChI is InChI=1S/C78H53BN4O2/c1-77(2,3)43-27-29-63-57(37-43)58-38-44(78(4,5)6)39-62-74(58)82(63)65-35-42(36-66-72(65)79(62)61-26-14-25-56-71-64(83(66)73(56)61)30-28-51-47-17-8-7-15-45(47)46-16-9-10-18-48(46)70(51)71)69-49(52-21-12-23-54-59-40-80-33-31-67(59)84-75(52)54)19-11-20-50(69)53-22-13-24-55-60-41-81-34-32-68(60)85-76(53)55/h7-41H,1-6H3. The lowest BCUT2D eigenvalue weighted by Crippen LogP contribution is -2.59. The Bertz CT molecular complexity index is 5730. The Hall–Kier alpha value is -10.2. The van der Waals surface area contributed by atoms with Crippen molar-refractivity contribution in [3.05, 3.63) is 224 Å². The first-order chi connectivity index (χ1) is 41.5. The lowest BCUT2D eigenvalue weighted by molar-refractivity contribution is 0.590. The fourth-order valence-electron chi connectivity index (χ4n) is 15.5. The predicted molar refractivity (Wildman–Crippen MR) is 356 cm³/mol. The van der Waals surface area contributed by atoms with Crippen LogP contribution in [0.4, 0.5) is 0 Å². The van der Waals surface area contributed by atoms with Crippen LogP contribution in [0, 0.1) is 0 Å². The Labute approximate surface area is 489 Å². The molecule has 400 valence electrons. The van der Waals surface area contributed by atoms with Gasteiger partial charge in [0.1, 0.15) is 22.3 Å². The van der Waals surface area contributed by atoms with Gasteiger partial charge in [0.05, 0.1) is 11.0 Å². The molecule has 0 aliphatic carbocycles. The highest BCUT2D eigenvalue weighted by atomic mass is 16.3. The molecule has 0 radical (unpaired) electrons. The second kappa shape index (κ2) is 16.3. The van der Waals surface area contributed by atoms with Crippen LogP contribution in [-0.4, -0.2) is 25.8 Å². The summed E-state index contributed by atoms with van der Waals surface area (Å²) in [6, 6.07) is 71.2. The molecule has 2 aliphatic rings. The third-order valence-corrected chi connectivity index (χ3v) is 19.4. The highest BCUT2D eigenvalue weighted by Crippen LogP contribution is 2.51. The van der Waals surface area contributed by atoms with E-state index in [2.05, 4.69) is 237 Å². The number of pyridine rings is 2. The molecule has 0 amide bonds. The van der Waals surface area contributed by atoms with Crippen LogP contribution in [0.3, 0.4) is 0 Å². The molecule has 17 aromatic rings. The Morgan fingerprint density at radius 1 is 0.376 bits per heavy atom. The molecule has 2 aliphatic heterocycles. The van der Waals surface area contributed by atoms with Gasteiger partial charge in [-0.15, -0.1) is 0 Å². The first kappa shape index (κ1) is 47.3. The summed E-state index contributed by atoms with van der Waals surface area (Å²) < 4.78 is 19.2. The van der Waals surface area contributed by atoms with Gasteiger partial charge in [0.25, 0.3) is 6.71 Å². The normalized spacial score (nSPS) is 13.3. The first-order valence-electron chi connectivity index (χ1n) is 29.7. The van der Waals surface area contributed by atoms with E-state index in [0.29, 0.717) is 0 Å². The van der Waals surface area contributed by atoms with Gasteiger partial charge in [-0.3, -0.25) is 9.97 Å². The molecule has 6 nitrogen and oxygen atoms in total. The lowest BCUT2D eigenvalue weighted by atomic mass is 9.34. The molecule has 0 spiro atoms. The van der Waals surface area contributed by atoms with E-state index in [1.54, 1.807) is 0 Å². The van der Waals surface area contributed by atoms with Gasteiger partial charge >= 0.3 is 0 Å². The molecule has 11 aromatic carbocycles. The Morgan fingerprint density at radius 2 is 0.882 bits per heavy atom. The van der Waals surface area contributed by atoms with E-state index >= 15 is 0 Å². The van der Waals surface area contributed by atoms with Gasteiger partial charge in [0, 0.05) is 107 Å². The maximum atomic E-state index is 6.96. The summed E-state index contributed by atoms with van der Waals surface area (Å²) in [5, 5.41) is 16.8. The third kappa shape index (κ3) is 6.19. The van der Waals surface area contributed by atoms with Crippen LogP contribution in [0.2, 0.25) is 0 Å². The maximum Gasteiger partial charge on any atom is 0.252 e. The van der Waals surface area contributed by atoms with Crippen LogP contribution in [0.15, 0.2) is 222 Å². The zero-order valence-electron chi connectivity index (χ0n) is 47.9. The topological polar surface area (TPSA) is 61.9 Å². The minimum absolute atomic E-state index is 0.0580. The monoisotopic (exact) mass is 1090 g/mol. The van der Waals surface area contributed by atoms with Crippen LogP contribution in [0.25, 0.3) is 165 Å². The number of aromatic nitrogens is 4. The molecule has 0 bridgehead atoms. The number of rotatable bonds is 3. The molecule has 6 aromatic heterocycles. The molecule has 8 heterocycles. The summed E-state index contributed by atoms with van der Waals surface area (Å²) in [5.41, 5.74) is 23.3. The van der Waals surface area contributed by atoms with Crippen molar-refractivity contribution in [1.82, 2.24) is 19.1 Å². The van der Waals surface area contributed by atoms with Gasteiger partial charge in [-0.2, -0.15) is 0 Å². The number of furan rings is 2. The number of para-hydroxylation sites is 3. The second-order valence-electron chi connectivity index (χ2n) is 26.0. The molecule has 0 saturated heterocycles. The molecule has 85 heavy (non-hydrogen) atoms. The van der Waals surface area contributed by atoms with Crippen molar-refractivity contribution in [3.63, 3.8) is 0 Å². The van der Waals surface area contributed by atoms with Gasteiger partial charge in [-0.1, -0.05) is 181 Å². The number of nitrogens with zero attached hydrogens (tertiary/aromatic N) is 4. The van der Waals surface area contributed by atoms with E-state index in [9.17, 15) is 0 Å². The number of hydrogen-bond acceptors (Lipinski definition) is 4. The minimum atomic E-state index is -0.120. The Balaban J connectivity index is 1.02. The smallest absolute Gasteiger partial charge is 0.252 e. The summed E-state index contributed by atoms with van der Waals surface area (Å²) in [6.07, 6.45) is 7.47. The Kier molecular flexibility index (Phi) is 9.07. The summed E-state index contributed by atoms with van der Waals surface area (Å²) in [7, 11) is 0. The lowest BCUT2D eigenvalue weighted by Gasteiger charge is -2.35. The zero-order chi connectivity index (χ0) is 56.5. The van der Waals surface area contributed by atoms with Crippen molar-refractivity contribution in [3.8, 4) is 44.8 Å². The van der Waals surface area contributed by atoms with E-state index in [-0.39, 0.29) is 17.5 Å². The quantitative estimate of drug-likeness (QED) is 0.131.